The minimum atomic E-state index is -4.37. The van der Waals surface area contributed by atoms with Crippen molar-refractivity contribution >= 4 is 12.4 Å². The van der Waals surface area contributed by atoms with E-state index in [2.05, 4.69) is 0 Å². The Kier molecular flexibility index (Phi) is 8.23. The van der Waals surface area contributed by atoms with Crippen LogP contribution in [0.25, 0.3) is 0 Å². The first-order chi connectivity index (χ1) is 12.6. The van der Waals surface area contributed by atoms with Crippen molar-refractivity contribution in [1.82, 2.24) is 4.90 Å². The van der Waals surface area contributed by atoms with Gasteiger partial charge in [-0.1, -0.05) is 25.5 Å². The van der Waals surface area contributed by atoms with Crippen LogP contribution in [0.15, 0.2) is 24.3 Å². The van der Waals surface area contributed by atoms with Gasteiger partial charge in [0.15, 0.2) is 0 Å². The number of carboxylic acids is 1. The van der Waals surface area contributed by atoms with E-state index in [0.717, 1.165) is 12.1 Å². The first-order valence-electron chi connectivity index (χ1n) is 8.48. The van der Waals surface area contributed by atoms with Gasteiger partial charge < -0.3 is 15.3 Å². The van der Waals surface area contributed by atoms with Crippen LogP contribution in [0.5, 0.6) is 0 Å². The Bertz CT molecular complexity index is 620. The number of rotatable bonds is 5. The summed E-state index contributed by atoms with van der Waals surface area (Å²) in [5.74, 6) is -1.02. The number of nitrogens with zero attached hydrogens (tertiary/aromatic N) is 1. The second-order valence-electron chi connectivity index (χ2n) is 6.53. The molecule has 1 aromatic rings. The van der Waals surface area contributed by atoms with E-state index in [1.165, 1.54) is 12.1 Å². The van der Waals surface area contributed by atoms with Crippen molar-refractivity contribution in [3.63, 3.8) is 0 Å². The number of halogens is 3. The Morgan fingerprint density at radius 1 is 1.33 bits per heavy atom. The summed E-state index contributed by atoms with van der Waals surface area (Å²) in [4.78, 5) is 22.0. The highest BCUT2D eigenvalue weighted by Crippen LogP contribution is 2.36. The normalized spacial score (nSPS) is 23.2. The molecule has 1 saturated heterocycles. The molecule has 0 aliphatic carbocycles. The van der Waals surface area contributed by atoms with Crippen LogP contribution in [0.2, 0.25) is 0 Å². The van der Waals surface area contributed by atoms with Crippen molar-refractivity contribution in [2.24, 2.45) is 5.41 Å². The SMILES string of the molecule is CCC[C@@]1(C(=O)O)CN(Cc2ccc(C(F)(F)F)cc2)CC[C@H]1O.O=CO. The smallest absolute Gasteiger partial charge is 0.416 e. The molecule has 27 heavy (non-hydrogen) atoms. The fourth-order valence-corrected chi connectivity index (χ4v) is 3.37. The maximum absolute atomic E-state index is 12.6. The lowest BCUT2D eigenvalue weighted by Gasteiger charge is -2.43. The van der Waals surface area contributed by atoms with Crippen molar-refractivity contribution in [3.05, 3.63) is 35.4 Å². The summed E-state index contributed by atoms with van der Waals surface area (Å²) in [6.07, 6.45) is -3.93. The van der Waals surface area contributed by atoms with Gasteiger partial charge in [-0.15, -0.1) is 0 Å². The fraction of sp³-hybridized carbons (Fsp3) is 0.556. The van der Waals surface area contributed by atoms with Gasteiger partial charge in [0.05, 0.1) is 11.7 Å². The molecule has 0 spiro atoms. The van der Waals surface area contributed by atoms with Crippen LogP contribution in [0.4, 0.5) is 13.2 Å². The van der Waals surface area contributed by atoms with Gasteiger partial charge in [0.1, 0.15) is 5.41 Å². The molecule has 2 atom stereocenters. The lowest BCUT2D eigenvalue weighted by Crippen LogP contribution is -2.55. The van der Waals surface area contributed by atoms with Crippen LogP contribution >= 0.6 is 0 Å². The van der Waals surface area contributed by atoms with Gasteiger partial charge in [-0.05, 0) is 30.5 Å². The molecule has 0 aromatic heterocycles. The molecule has 1 heterocycles. The molecular weight excluding hydrogens is 367 g/mol. The molecule has 2 rings (SSSR count). The molecule has 0 amide bonds. The Hall–Kier alpha value is -2.13. The number of alkyl halides is 3. The molecule has 1 fully saturated rings. The lowest BCUT2D eigenvalue weighted by molar-refractivity contribution is -0.164. The minimum Gasteiger partial charge on any atom is -0.483 e. The second-order valence-corrected chi connectivity index (χ2v) is 6.53. The third kappa shape index (κ3) is 5.93. The monoisotopic (exact) mass is 391 g/mol. The van der Waals surface area contributed by atoms with Crippen molar-refractivity contribution in [2.75, 3.05) is 13.1 Å². The number of hydrogen-bond donors (Lipinski definition) is 3. The van der Waals surface area contributed by atoms with Crippen LogP contribution in [0, 0.1) is 5.41 Å². The minimum absolute atomic E-state index is 0.193. The Morgan fingerprint density at radius 2 is 1.89 bits per heavy atom. The van der Waals surface area contributed by atoms with Crippen molar-refractivity contribution < 1.29 is 38.1 Å². The number of piperidine rings is 1. The summed E-state index contributed by atoms with van der Waals surface area (Å²) in [5, 5.41) is 26.7. The summed E-state index contributed by atoms with van der Waals surface area (Å²) >= 11 is 0. The van der Waals surface area contributed by atoms with Gasteiger partial charge >= 0.3 is 12.1 Å². The van der Waals surface area contributed by atoms with Gasteiger partial charge in [-0.2, -0.15) is 13.2 Å². The predicted octanol–water partition coefficient (Wildman–Crippen LogP) is 2.84. The molecule has 9 heteroatoms. The maximum Gasteiger partial charge on any atom is 0.416 e. The van der Waals surface area contributed by atoms with Gasteiger partial charge in [0.25, 0.3) is 6.47 Å². The van der Waals surface area contributed by atoms with Gasteiger partial charge in [0, 0.05) is 19.6 Å². The molecule has 0 radical (unpaired) electrons. The lowest BCUT2D eigenvalue weighted by atomic mass is 9.74. The van der Waals surface area contributed by atoms with Gasteiger partial charge in [-0.25, -0.2) is 0 Å². The van der Waals surface area contributed by atoms with Gasteiger partial charge in [0.2, 0.25) is 0 Å². The molecule has 0 unspecified atom stereocenters. The molecular formula is C18H24F3NO5. The second kappa shape index (κ2) is 9.70. The Labute approximate surface area is 155 Å². The summed E-state index contributed by atoms with van der Waals surface area (Å²) in [6.45, 7) is 2.69. The zero-order chi connectivity index (χ0) is 20.7. The number of aliphatic carboxylic acids is 1. The van der Waals surface area contributed by atoms with E-state index >= 15 is 0 Å². The molecule has 0 saturated carbocycles. The summed E-state index contributed by atoms with van der Waals surface area (Å²) in [6, 6.07) is 4.89. The first-order valence-corrected chi connectivity index (χ1v) is 8.48. The molecule has 1 aliphatic rings. The summed E-state index contributed by atoms with van der Waals surface area (Å²) in [7, 11) is 0. The number of benzene rings is 1. The zero-order valence-corrected chi connectivity index (χ0v) is 14.9. The predicted molar refractivity (Wildman–Crippen MR) is 91.0 cm³/mol. The van der Waals surface area contributed by atoms with E-state index in [9.17, 15) is 28.2 Å². The highest BCUT2D eigenvalue weighted by atomic mass is 19.4. The van der Waals surface area contributed by atoms with Crippen LogP contribution in [0.1, 0.15) is 37.3 Å². The average molecular weight is 391 g/mol. The maximum atomic E-state index is 12.6. The zero-order valence-electron chi connectivity index (χ0n) is 14.9. The largest absolute Gasteiger partial charge is 0.483 e. The van der Waals surface area contributed by atoms with E-state index in [-0.39, 0.29) is 13.0 Å². The highest BCUT2D eigenvalue weighted by molar-refractivity contribution is 5.76. The standard InChI is InChI=1S/C17H22F3NO3.CH2O2/c1-2-8-16(15(23)24)11-21(9-7-14(16)22)10-12-3-5-13(6-4-12)17(18,19)20;2-1-3/h3-6,14,22H,2,7-11H2,1H3,(H,23,24);1H,(H,2,3)/t14-,16-;/m1./s1. The van der Waals surface area contributed by atoms with E-state index in [0.29, 0.717) is 37.9 Å². The van der Waals surface area contributed by atoms with E-state index < -0.39 is 29.2 Å². The van der Waals surface area contributed by atoms with Crippen LogP contribution in [-0.2, 0) is 22.3 Å². The van der Waals surface area contributed by atoms with Crippen molar-refractivity contribution in [3.8, 4) is 0 Å². The first kappa shape index (κ1) is 22.9. The quantitative estimate of drug-likeness (QED) is 0.668. The fourth-order valence-electron chi connectivity index (χ4n) is 3.37. The van der Waals surface area contributed by atoms with Crippen LogP contribution in [-0.4, -0.2) is 51.9 Å². The Balaban J connectivity index is 0.00000114. The number of hydrogen-bond acceptors (Lipinski definition) is 4. The summed E-state index contributed by atoms with van der Waals surface area (Å²) in [5.41, 5.74) is -1.22. The third-order valence-corrected chi connectivity index (χ3v) is 4.67. The number of likely N-dealkylation sites (tertiary alicyclic amines) is 1. The molecule has 6 nitrogen and oxygen atoms in total. The molecule has 1 aliphatic heterocycles. The Morgan fingerprint density at radius 3 is 2.33 bits per heavy atom. The molecule has 3 N–H and O–H groups in total. The highest BCUT2D eigenvalue weighted by Gasteiger charge is 2.48. The third-order valence-electron chi connectivity index (χ3n) is 4.67. The van der Waals surface area contributed by atoms with Crippen LogP contribution in [0.3, 0.4) is 0 Å². The average Bonchev–Trinajstić information content (AvgIpc) is 2.58. The van der Waals surface area contributed by atoms with Crippen LogP contribution < -0.4 is 0 Å². The number of aliphatic hydroxyl groups excluding tert-OH is 1. The molecule has 152 valence electrons. The van der Waals surface area contributed by atoms with Crippen molar-refractivity contribution in [2.45, 2.75) is 45.0 Å². The summed E-state index contributed by atoms with van der Waals surface area (Å²) < 4.78 is 37.8. The number of aliphatic hydroxyl groups is 1. The van der Waals surface area contributed by atoms with Crippen molar-refractivity contribution in [1.29, 1.82) is 0 Å². The molecule has 1 aromatic carbocycles. The number of carbonyl (C=O) groups is 2. The number of carboxylic acid groups (broad SMARTS) is 2. The van der Waals surface area contributed by atoms with E-state index in [1.54, 1.807) is 0 Å². The molecule has 0 bridgehead atoms. The van der Waals surface area contributed by atoms with E-state index in [1.807, 2.05) is 11.8 Å². The van der Waals surface area contributed by atoms with Gasteiger partial charge in [-0.3, -0.25) is 14.5 Å². The van der Waals surface area contributed by atoms with E-state index in [4.69, 9.17) is 9.90 Å². The topological polar surface area (TPSA) is 98.1 Å².